The van der Waals surface area contributed by atoms with Gasteiger partial charge in [0.1, 0.15) is 12.4 Å². The molecule has 0 saturated carbocycles. The van der Waals surface area contributed by atoms with Gasteiger partial charge in [-0.25, -0.2) is 0 Å². The third-order valence-corrected chi connectivity index (χ3v) is 10.2. The lowest BCUT2D eigenvalue weighted by atomic mass is 10.1. The van der Waals surface area contributed by atoms with Crippen molar-refractivity contribution in [2.24, 2.45) is 0 Å². The molecule has 0 amide bonds. The Kier molecular flexibility index (Phi) is 7.42. The molecule has 2 rings (SSSR count). The maximum atomic E-state index is 10.9. The number of ether oxygens (including phenoxy) is 1. The molecule has 2 aromatic rings. The van der Waals surface area contributed by atoms with Crippen molar-refractivity contribution in [1.29, 1.82) is 0 Å². The van der Waals surface area contributed by atoms with Crippen LogP contribution >= 0.6 is 15.9 Å². The van der Waals surface area contributed by atoms with Gasteiger partial charge in [-0.15, -0.1) is 0 Å². The van der Waals surface area contributed by atoms with Gasteiger partial charge in [-0.1, -0.05) is 61.0 Å². The predicted octanol–water partition coefficient (Wildman–Crippen LogP) is 6.63. The summed E-state index contributed by atoms with van der Waals surface area (Å²) in [7, 11) is -1.91. The largest absolute Gasteiger partial charge is 0.489 e. The average molecular weight is 466 g/mol. The number of rotatable bonds is 8. The van der Waals surface area contributed by atoms with Gasteiger partial charge in [0.2, 0.25) is 0 Å². The summed E-state index contributed by atoms with van der Waals surface area (Å²) in [6, 6.07) is 14.4. The maximum absolute atomic E-state index is 10.9. The minimum atomic E-state index is -1.91. The van der Waals surface area contributed by atoms with Gasteiger partial charge in [0.15, 0.2) is 8.32 Å². The lowest BCUT2D eigenvalue weighted by Gasteiger charge is -2.39. The molecule has 0 spiro atoms. The Bertz CT molecular complexity index is 820. The van der Waals surface area contributed by atoms with Crippen LogP contribution < -0.4 is 4.74 Å². The summed E-state index contributed by atoms with van der Waals surface area (Å²) in [5.41, 5.74) is 1.88. The van der Waals surface area contributed by atoms with E-state index in [1.165, 1.54) is 12.1 Å². The fourth-order valence-corrected chi connectivity index (χ4v) is 4.49. The third kappa shape index (κ3) is 5.89. The van der Waals surface area contributed by atoms with Crippen LogP contribution in [0.2, 0.25) is 18.1 Å². The van der Waals surface area contributed by atoms with E-state index in [1.54, 1.807) is 6.07 Å². The van der Waals surface area contributed by atoms with E-state index in [-0.39, 0.29) is 23.4 Å². The molecular weight excluding hydrogens is 438 g/mol. The van der Waals surface area contributed by atoms with Gasteiger partial charge in [0.05, 0.1) is 11.0 Å². The Balaban J connectivity index is 2.12. The molecule has 152 valence electrons. The summed E-state index contributed by atoms with van der Waals surface area (Å²) >= 11 is 3.59. The highest BCUT2D eigenvalue weighted by Crippen LogP contribution is 2.40. The number of nitrogens with zero attached hydrogens (tertiary/aromatic N) is 1. The van der Waals surface area contributed by atoms with Crippen LogP contribution in [-0.2, 0) is 11.0 Å². The van der Waals surface area contributed by atoms with Crippen LogP contribution in [-0.4, -0.2) is 18.6 Å². The van der Waals surface area contributed by atoms with Gasteiger partial charge >= 0.3 is 0 Å². The molecule has 2 aromatic carbocycles. The number of hydrogen-bond acceptors (Lipinski definition) is 4. The van der Waals surface area contributed by atoms with Crippen molar-refractivity contribution in [2.75, 3.05) is 5.33 Å². The van der Waals surface area contributed by atoms with E-state index < -0.39 is 13.2 Å². The van der Waals surface area contributed by atoms with Crippen molar-refractivity contribution in [3.8, 4) is 5.75 Å². The molecule has 0 aliphatic heterocycles. The first-order chi connectivity index (χ1) is 13.0. The molecule has 0 aliphatic rings. The fourth-order valence-electron chi connectivity index (χ4n) is 2.45. The minimum absolute atomic E-state index is 0.0535. The number of nitro benzene ring substituents is 1. The average Bonchev–Trinajstić information content (AvgIpc) is 2.64. The number of alkyl halides is 1. The van der Waals surface area contributed by atoms with Gasteiger partial charge in [-0.2, -0.15) is 0 Å². The molecular formula is C21H28BrNO4Si. The summed E-state index contributed by atoms with van der Waals surface area (Å²) in [6.07, 6.45) is -0.0535. The normalized spacial score (nSPS) is 13.2. The van der Waals surface area contributed by atoms with Crippen LogP contribution in [0, 0.1) is 10.1 Å². The van der Waals surface area contributed by atoms with Crippen LogP contribution in [0.15, 0.2) is 48.5 Å². The van der Waals surface area contributed by atoms with Gasteiger partial charge in [-0.3, -0.25) is 10.1 Å². The third-order valence-electron chi connectivity index (χ3n) is 5.14. The Labute approximate surface area is 176 Å². The molecule has 0 heterocycles. The van der Waals surface area contributed by atoms with E-state index in [4.69, 9.17) is 9.16 Å². The summed E-state index contributed by atoms with van der Waals surface area (Å²) in [5.74, 6) is 0.716. The molecule has 5 nitrogen and oxygen atoms in total. The number of nitro groups is 1. The first-order valence-electron chi connectivity index (χ1n) is 9.23. The van der Waals surface area contributed by atoms with Crippen LogP contribution in [0.3, 0.4) is 0 Å². The van der Waals surface area contributed by atoms with E-state index in [1.807, 2.05) is 30.3 Å². The summed E-state index contributed by atoms with van der Waals surface area (Å²) < 4.78 is 12.4. The van der Waals surface area contributed by atoms with Gasteiger partial charge in [-0.05, 0) is 41.4 Å². The lowest BCUT2D eigenvalue weighted by Crippen LogP contribution is -2.42. The summed E-state index contributed by atoms with van der Waals surface area (Å²) in [6.45, 7) is 11.4. The topological polar surface area (TPSA) is 61.6 Å². The molecule has 0 aliphatic carbocycles. The van der Waals surface area contributed by atoms with Crippen LogP contribution in [0.4, 0.5) is 5.69 Å². The molecule has 0 fully saturated rings. The second kappa shape index (κ2) is 9.20. The van der Waals surface area contributed by atoms with E-state index in [0.717, 1.165) is 11.1 Å². The number of halogens is 1. The highest BCUT2D eigenvalue weighted by molar-refractivity contribution is 9.09. The molecule has 7 heteroatoms. The Hall–Kier alpha value is -1.70. The Morgan fingerprint density at radius 3 is 2.43 bits per heavy atom. The second-order valence-corrected chi connectivity index (χ2v) is 13.7. The number of non-ortho nitro benzene ring substituents is 1. The molecule has 0 saturated heterocycles. The molecule has 0 aromatic heterocycles. The standard InChI is InChI=1S/C21H28BrNO4Si/c1-21(2,3)28(4,5)27-20(14-22)17-9-7-11-19(13-17)26-15-16-8-6-10-18(12-16)23(24)25/h6-13,20H,14-15H2,1-5H3/t20-/m0/s1. The highest BCUT2D eigenvalue weighted by Gasteiger charge is 2.39. The summed E-state index contributed by atoms with van der Waals surface area (Å²) in [5, 5.41) is 11.7. The zero-order chi connectivity index (χ0) is 20.9. The van der Waals surface area contributed by atoms with Crippen molar-refractivity contribution in [3.05, 3.63) is 69.8 Å². The molecule has 1 atom stereocenters. The van der Waals surface area contributed by atoms with Crippen LogP contribution in [0.5, 0.6) is 5.75 Å². The van der Waals surface area contributed by atoms with Crippen molar-refractivity contribution < 1.29 is 14.1 Å². The molecule has 0 radical (unpaired) electrons. The van der Waals surface area contributed by atoms with E-state index in [2.05, 4.69) is 49.8 Å². The first kappa shape index (κ1) is 22.6. The van der Waals surface area contributed by atoms with Crippen LogP contribution in [0.25, 0.3) is 0 Å². The number of hydrogen-bond donors (Lipinski definition) is 0. The van der Waals surface area contributed by atoms with Gasteiger partial charge in [0, 0.05) is 17.5 Å². The van der Waals surface area contributed by atoms with Crippen molar-refractivity contribution in [1.82, 2.24) is 0 Å². The molecule has 0 N–H and O–H groups in total. The molecule has 0 bridgehead atoms. The SMILES string of the molecule is CC(C)(C)[Si](C)(C)O[C@@H](CBr)c1cccc(OCc2cccc([N+](=O)[O-])c2)c1. The zero-order valence-electron chi connectivity index (χ0n) is 17.1. The van der Waals surface area contributed by atoms with Crippen LogP contribution in [0.1, 0.15) is 38.0 Å². The fraction of sp³-hybridized carbons (Fsp3) is 0.429. The van der Waals surface area contributed by atoms with Gasteiger partial charge < -0.3 is 9.16 Å². The molecule has 28 heavy (non-hydrogen) atoms. The number of benzene rings is 2. The summed E-state index contributed by atoms with van der Waals surface area (Å²) in [4.78, 5) is 10.5. The predicted molar refractivity (Wildman–Crippen MR) is 119 cm³/mol. The zero-order valence-corrected chi connectivity index (χ0v) is 19.7. The lowest BCUT2D eigenvalue weighted by molar-refractivity contribution is -0.384. The van der Waals surface area contributed by atoms with E-state index >= 15 is 0 Å². The molecule has 0 unspecified atom stereocenters. The smallest absolute Gasteiger partial charge is 0.269 e. The first-order valence-corrected chi connectivity index (χ1v) is 13.3. The Morgan fingerprint density at radius 1 is 1.14 bits per heavy atom. The minimum Gasteiger partial charge on any atom is -0.489 e. The highest BCUT2D eigenvalue weighted by atomic mass is 79.9. The van der Waals surface area contributed by atoms with Crippen molar-refractivity contribution in [3.63, 3.8) is 0 Å². The van der Waals surface area contributed by atoms with E-state index in [0.29, 0.717) is 11.1 Å². The monoisotopic (exact) mass is 465 g/mol. The van der Waals surface area contributed by atoms with Gasteiger partial charge in [0.25, 0.3) is 5.69 Å². The van der Waals surface area contributed by atoms with E-state index in [9.17, 15) is 10.1 Å². The maximum Gasteiger partial charge on any atom is 0.269 e. The second-order valence-electron chi connectivity index (χ2n) is 8.31. The Morgan fingerprint density at radius 2 is 1.82 bits per heavy atom. The quantitative estimate of drug-likeness (QED) is 0.190. The van der Waals surface area contributed by atoms with Crippen molar-refractivity contribution in [2.45, 2.75) is 51.6 Å². The van der Waals surface area contributed by atoms with Crippen molar-refractivity contribution >= 4 is 29.9 Å².